The van der Waals surface area contributed by atoms with Crippen molar-refractivity contribution in [3.63, 3.8) is 0 Å². The number of nitrogens with one attached hydrogen (secondary N) is 1. The number of alkyl halides is 3. The topological polar surface area (TPSA) is 99.6 Å². The molecular weight excluding hydrogens is 443 g/mol. The molecule has 0 saturated heterocycles. The summed E-state index contributed by atoms with van der Waals surface area (Å²) >= 11 is 0. The summed E-state index contributed by atoms with van der Waals surface area (Å²) < 4.78 is 60.8. The van der Waals surface area contributed by atoms with Crippen molar-refractivity contribution in [2.45, 2.75) is 13.1 Å². The molecule has 0 aliphatic carbocycles. The van der Waals surface area contributed by atoms with Crippen molar-refractivity contribution < 1.29 is 36.4 Å². The van der Waals surface area contributed by atoms with Crippen LogP contribution in [0.5, 0.6) is 5.75 Å². The van der Waals surface area contributed by atoms with E-state index in [-0.39, 0.29) is 35.9 Å². The lowest BCUT2D eigenvalue weighted by molar-refractivity contribution is -0.137. The van der Waals surface area contributed by atoms with Crippen molar-refractivity contribution in [1.29, 1.82) is 0 Å². The highest BCUT2D eigenvalue weighted by molar-refractivity contribution is 6.13. The van der Waals surface area contributed by atoms with Crippen LogP contribution >= 0.6 is 0 Å². The van der Waals surface area contributed by atoms with E-state index >= 15 is 0 Å². The minimum atomic E-state index is -4.61. The van der Waals surface area contributed by atoms with Crippen LogP contribution in [0.15, 0.2) is 51.6 Å². The zero-order chi connectivity index (χ0) is 23.6. The van der Waals surface area contributed by atoms with Gasteiger partial charge in [0.1, 0.15) is 18.1 Å². The monoisotopic (exact) mass is 461 g/mol. The molecule has 11 heteroatoms. The highest BCUT2D eigenvalue weighted by atomic mass is 19.4. The van der Waals surface area contributed by atoms with Gasteiger partial charge in [-0.15, -0.1) is 0 Å². The quantitative estimate of drug-likeness (QED) is 0.383. The fraction of sp³-hybridized carbons (Fsp3) is 0.227. The van der Waals surface area contributed by atoms with Crippen molar-refractivity contribution in [3.05, 3.63) is 59.5 Å². The summed E-state index contributed by atoms with van der Waals surface area (Å²) in [7, 11) is 1.46. The summed E-state index contributed by atoms with van der Waals surface area (Å²) in [5, 5.41) is 6.69. The molecule has 0 saturated carbocycles. The van der Waals surface area contributed by atoms with E-state index in [0.29, 0.717) is 22.5 Å². The number of anilines is 1. The Hall–Kier alpha value is -3.86. The van der Waals surface area contributed by atoms with Crippen LogP contribution < -0.4 is 10.1 Å². The smallest absolute Gasteiger partial charge is 0.416 e. The molecule has 0 bridgehead atoms. The Morgan fingerprint density at radius 1 is 1.18 bits per heavy atom. The number of benzene rings is 1. The van der Waals surface area contributed by atoms with Gasteiger partial charge in [0.15, 0.2) is 5.76 Å². The second-order valence-electron chi connectivity index (χ2n) is 6.98. The average molecular weight is 461 g/mol. The van der Waals surface area contributed by atoms with Crippen LogP contribution in [0, 0.1) is 6.92 Å². The number of hydrogen-bond acceptors (Lipinski definition) is 7. The van der Waals surface area contributed by atoms with E-state index < -0.39 is 17.6 Å². The summed E-state index contributed by atoms with van der Waals surface area (Å²) in [6.45, 7) is 1.92. The number of rotatable bonds is 7. The molecule has 3 heterocycles. The molecule has 172 valence electrons. The van der Waals surface area contributed by atoms with Crippen molar-refractivity contribution >= 4 is 22.7 Å². The third kappa shape index (κ3) is 4.67. The van der Waals surface area contributed by atoms with Crippen LogP contribution in [0.25, 0.3) is 22.6 Å². The Bertz CT molecular complexity index is 1280. The standard InChI is InChI=1S/C22H18F3N3O5/c1-12-19-14(11-16(17-4-3-7-31-17)27-21(19)33-28-12)20(29)26-15-10-13(22(23,24)25)5-6-18(15)32-9-8-30-2/h3-7,10-11H,8-9H2,1-2H3,(H,26,29). The van der Waals surface area contributed by atoms with Gasteiger partial charge in [0, 0.05) is 7.11 Å². The van der Waals surface area contributed by atoms with Gasteiger partial charge in [-0.1, -0.05) is 5.16 Å². The largest absolute Gasteiger partial charge is 0.489 e. The van der Waals surface area contributed by atoms with Gasteiger partial charge in [-0.2, -0.15) is 13.2 Å². The normalized spacial score (nSPS) is 11.7. The number of pyridine rings is 1. The van der Waals surface area contributed by atoms with Crippen molar-refractivity contribution in [2.24, 2.45) is 0 Å². The SMILES string of the molecule is COCCOc1ccc(C(F)(F)F)cc1NC(=O)c1cc(-c2ccco2)nc2onc(C)c12. The molecule has 1 amide bonds. The molecule has 0 spiro atoms. The first-order valence-corrected chi connectivity index (χ1v) is 9.73. The Balaban J connectivity index is 1.75. The predicted molar refractivity (Wildman–Crippen MR) is 111 cm³/mol. The average Bonchev–Trinajstić information content (AvgIpc) is 3.44. The first kappa shape index (κ1) is 22.3. The zero-order valence-corrected chi connectivity index (χ0v) is 17.5. The Morgan fingerprint density at radius 2 is 2.00 bits per heavy atom. The van der Waals surface area contributed by atoms with E-state index in [2.05, 4.69) is 15.5 Å². The van der Waals surface area contributed by atoms with E-state index in [1.807, 2.05) is 0 Å². The number of aryl methyl sites for hydroxylation is 1. The summed E-state index contributed by atoms with van der Waals surface area (Å²) in [6, 6.07) is 7.59. The third-order valence-electron chi connectivity index (χ3n) is 4.74. The predicted octanol–water partition coefficient (Wildman–Crippen LogP) is 5.09. The minimum Gasteiger partial charge on any atom is -0.489 e. The molecule has 33 heavy (non-hydrogen) atoms. The number of halogens is 3. The number of fused-ring (bicyclic) bond motifs is 1. The number of methoxy groups -OCH3 is 1. The van der Waals surface area contributed by atoms with Gasteiger partial charge < -0.3 is 23.7 Å². The van der Waals surface area contributed by atoms with Crippen molar-refractivity contribution in [1.82, 2.24) is 10.1 Å². The van der Waals surface area contributed by atoms with E-state index in [1.165, 1.54) is 19.4 Å². The molecule has 0 aliphatic heterocycles. The lowest BCUT2D eigenvalue weighted by atomic mass is 10.1. The number of carbonyl (C=O) groups excluding carboxylic acids is 1. The third-order valence-corrected chi connectivity index (χ3v) is 4.74. The van der Waals surface area contributed by atoms with Gasteiger partial charge in [0.25, 0.3) is 11.6 Å². The molecule has 4 rings (SSSR count). The number of hydrogen-bond donors (Lipinski definition) is 1. The van der Waals surface area contributed by atoms with Gasteiger partial charge in [-0.3, -0.25) is 4.79 Å². The van der Waals surface area contributed by atoms with Gasteiger partial charge in [0.2, 0.25) is 0 Å². The van der Waals surface area contributed by atoms with Gasteiger partial charge in [0.05, 0.1) is 40.8 Å². The maximum atomic E-state index is 13.3. The Morgan fingerprint density at radius 3 is 2.70 bits per heavy atom. The minimum absolute atomic E-state index is 0.0620. The van der Waals surface area contributed by atoms with Crippen molar-refractivity contribution in [3.8, 4) is 17.2 Å². The van der Waals surface area contributed by atoms with E-state index in [1.54, 1.807) is 19.1 Å². The number of aromatic nitrogens is 2. The molecule has 1 aromatic carbocycles. The lowest BCUT2D eigenvalue weighted by Gasteiger charge is -2.15. The first-order valence-electron chi connectivity index (χ1n) is 9.73. The number of nitrogens with zero attached hydrogens (tertiary/aromatic N) is 2. The van der Waals surface area contributed by atoms with E-state index in [4.69, 9.17) is 18.4 Å². The van der Waals surface area contributed by atoms with Crippen LogP contribution in [0.4, 0.5) is 18.9 Å². The summed E-state index contributed by atoms with van der Waals surface area (Å²) in [5.74, 6) is -0.257. The number of ether oxygens (including phenoxy) is 2. The second kappa shape index (κ2) is 8.94. The van der Waals surface area contributed by atoms with Gasteiger partial charge >= 0.3 is 6.18 Å². The number of furan rings is 1. The number of amides is 1. The summed E-state index contributed by atoms with van der Waals surface area (Å²) in [4.78, 5) is 17.6. The maximum Gasteiger partial charge on any atom is 0.416 e. The fourth-order valence-electron chi connectivity index (χ4n) is 3.18. The molecule has 4 aromatic rings. The van der Waals surface area contributed by atoms with Crippen molar-refractivity contribution in [2.75, 3.05) is 25.6 Å². The molecular formula is C22H18F3N3O5. The molecule has 0 unspecified atom stereocenters. The van der Waals surface area contributed by atoms with E-state index in [9.17, 15) is 18.0 Å². The maximum absolute atomic E-state index is 13.3. The van der Waals surface area contributed by atoms with E-state index in [0.717, 1.165) is 18.2 Å². The zero-order valence-electron chi connectivity index (χ0n) is 17.5. The molecule has 0 atom stereocenters. The molecule has 0 fully saturated rings. The molecule has 1 N–H and O–H groups in total. The highest BCUT2D eigenvalue weighted by Gasteiger charge is 2.31. The molecule has 8 nitrogen and oxygen atoms in total. The van der Waals surface area contributed by atoms with Crippen LogP contribution in [0.2, 0.25) is 0 Å². The number of carbonyl (C=O) groups is 1. The van der Waals surface area contributed by atoms with Crippen LogP contribution in [-0.4, -0.2) is 36.4 Å². The summed E-state index contributed by atoms with van der Waals surface area (Å²) in [5.41, 5.74) is -0.194. The first-order chi connectivity index (χ1) is 15.8. The van der Waals surface area contributed by atoms with Crippen LogP contribution in [0.1, 0.15) is 21.6 Å². The highest BCUT2D eigenvalue weighted by Crippen LogP contribution is 2.36. The van der Waals surface area contributed by atoms with Gasteiger partial charge in [-0.25, -0.2) is 4.98 Å². The molecule has 3 aromatic heterocycles. The molecule has 0 aliphatic rings. The second-order valence-corrected chi connectivity index (χ2v) is 6.98. The van der Waals surface area contributed by atoms with Gasteiger partial charge in [-0.05, 0) is 43.3 Å². The summed E-state index contributed by atoms with van der Waals surface area (Å²) in [6.07, 6.45) is -3.16. The Kier molecular flexibility index (Phi) is 6.05. The fourth-order valence-corrected chi connectivity index (χ4v) is 3.18. The lowest BCUT2D eigenvalue weighted by Crippen LogP contribution is -2.16. The molecule has 0 radical (unpaired) electrons. The van der Waals surface area contributed by atoms with Crippen LogP contribution in [0.3, 0.4) is 0 Å². The Labute approximate surface area is 185 Å². The van der Waals surface area contributed by atoms with Crippen LogP contribution in [-0.2, 0) is 10.9 Å².